The molecule has 1 N–H and O–H groups in total. The number of thiazole rings is 1. The molecule has 0 saturated heterocycles. The first kappa shape index (κ1) is 35.4. The number of nitrogens with one attached hydrogen (secondary N) is 1. The Labute approximate surface area is 304 Å². The number of aryl methyl sites for hydroxylation is 1. The maximum atomic E-state index is 14.2. The molecule has 3 aliphatic carbocycles. The molecule has 7 rings (SSSR count). The number of ether oxygens (including phenoxy) is 3. The minimum atomic E-state index is -1.09. The van der Waals surface area contributed by atoms with Crippen molar-refractivity contribution in [2.45, 2.75) is 102 Å². The number of fused-ring (bicyclic) bond motifs is 3. The van der Waals surface area contributed by atoms with Crippen LogP contribution >= 0.6 is 11.3 Å². The molecule has 1 aliphatic heterocycles. The molecule has 0 spiro atoms. The molecule has 3 fully saturated rings. The Balaban J connectivity index is 1.21. The van der Waals surface area contributed by atoms with Gasteiger partial charge in [-0.2, -0.15) is 0 Å². The fourth-order valence-electron chi connectivity index (χ4n) is 8.39. The maximum Gasteiger partial charge on any atom is 0.332 e. The highest BCUT2D eigenvalue weighted by molar-refractivity contribution is 7.10. The number of methoxy groups -OCH3 is 1. The van der Waals surface area contributed by atoms with E-state index in [2.05, 4.69) is 16.8 Å². The molecular formula is C40H50N4O6S. The molecule has 3 aromatic rings. The van der Waals surface area contributed by atoms with Crippen molar-refractivity contribution in [2.75, 3.05) is 27.3 Å². The van der Waals surface area contributed by atoms with Crippen LogP contribution in [0, 0.1) is 24.7 Å². The summed E-state index contributed by atoms with van der Waals surface area (Å²) in [6.07, 6.45) is 13.7. The first-order valence-electron chi connectivity index (χ1n) is 18.7. The topological polar surface area (TPSA) is 120 Å². The van der Waals surface area contributed by atoms with Gasteiger partial charge in [-0.3, -0.25) is 9.59 Å². The van der Waals surface area contributed by atoms with Gasteiger partial charge in [0.25, 0.3) is 0 Å². The van der Waals surface area contributed by atoms with E-state index in [0.717, 1.165) is 57.9 Å². The summed E-state index contributed by atoms with van der Waals surface area (Å²) in [5.74, 6) is -0.277. The average Bonchev–Trinajstić information content (AvgIpc) is 3.43. The first-order valence-corrected chi connectivity index (χ1v) is 19.6. The Morgan fingerprint density at radius 1 is 1.04 bits per heavy atom. The number of rotatable bonds is 7. The number of amides is 2. The quantitative estimate of drug-likeness (QED) is 0.203. The molecule has 0 bridgehead atoms. The fourth-order valence-corrected chi connectivity index (χ4v) is 9.37. The summed E-state index contributed by atoms with van der Waals surface area (Å²) in [7, 11) is 3.47. The van der Waals surface area contributed by atoms with E-state index in [1.807, 2.05) is 38.2 Å². The second-order valence-electron chi connectivity index (χ2n) is 14.8. The number of aromatic nitrogens is 2. The lowest BCUT2D eigenvalue weighted by Gasteiger charge is -2.26. The van der Waals surface area contributed by atoms with Crippen molar-refractivity contribution in [3.05, 3.63) is 46.3 Å². The van der Waals surface area contributed by atoms with E-state index in [4.69, 9.17) is 24.2 Å². The minimum absolute atomic E-state index is 0.0649. The number of carbonyl (C=O) groups excluding carboxylic acids is 3. The van der Waals surface area contributed by atoms with Crippen molar-refractivity contribution in [1.29, 1.82) is 0 Å². The van der Waals surface area contributed by atoms with Gasteiger partial charge in [-0.15, -0.1) is 11.3 Å². The lowest BCUT2D eigenvalue weighted by atomic mass is 9.90. The Morgan fingerprint density at radius 3 is 2.63 bits per heavy atom. The van der Waals surface area contributed by atoms with Gasteiger partial charge < -0.3 is 24.4 Å². The highest BCUT2D eigenvalue weighted by Crippen LogP contribution is 2.47. The molecule has 2 aromatic heterocycles. The van der Waals surface area contributed by atoms with Crippen LogP contribution in [0.4, 0.5) is 0 Å². The molecule has 1 unspecified atom stereocenters. The second kappa shape index (κ2) is 14.9. The van der Waals surface area contributed by atoms with Crippen molar-refractivity contribution in [3.8, 4) is 22.9 Å². The molecule has 3 heterocycles. The standard InChI is InChI=1S/C40H50N4O6S/c1-5-49-39(47)40-22-26(40)15-11-6-7-12-18-44(3)38(46)30-20-27(19-29(30)36(45)43-40)50-34-21-31(41-35-24(2)33(48-4)17-16-28(34)35)32-23-51-37(42-32)25-13-9-8-10-14-25/h11,15-17,21,23,25-27,29-30H,5-10,12-14,18-20,22H2,1-4H3,(H,43,45)/t26-,27-,29-,30-,40?/m1/s1. The number of hydrogen-bond donors (Lipinski definition) is 1. The van der Waals surface area contributed by atoms with Crippen LogP contribution in [0.1, 0.15) is 94.0 Å². The zero-order valence-electron chi connectivity index (χ0n) is 30.2. The summed E-state index contributed by atoms with van der Waals surface area (Å²) in [5.41, 5.74) is 2.12. The summed E-state index contributed by atoms with van der Waals surface area (Å²) < 4.78 is 18.0. The Morgan fingerprint density at radius 2 is 1.84 bits per heavy atom. The summed E-state index contributed by atoms with van der Waals surface area (Å²) >= 11 is 1.70. The van der Waals surface area contributed by atoms with Crippen LogP contribution in [0.15, 0.2) is 35.7 Å². The Kier molecular flexibility index (Phi) is 10.4. The van der Waals surface area contributed by atoms with Crippen molar-refractivity contribution in [1.82, 2.24) is 20.2 Å². The van der Waals surface area contributed by atoms with E-state index >= 15 is 0 Å². The van der Waals surface area contributed by atoms with Crippen LogP contribution in [-0.2, 0) is 19.1 Å². The van der Waals surface area contributed by atoms with E-state index in [1.54, 1.807) is 30.3 Å². The third-order valence-electron chi connectivity index (χ3n) is 11.4. The predicted octanol–water partition coefficient (Wildman–Crippen LogP) is 7.13. The largest absolute Gasteiger partial charge is 0.496 e. The third kappa shape index (κ3) is 7.10. The van der Waals surface area contributed by atoms with Gasteiger partial charge in [0.2, 0.25) is 11.8 Å². The zero-order chi connectivity index (χ0) is 35.7. The third-order valence-corrected chi connectivity index (χ3v) is 12.4. The van der Waals surface area contributed by atoms with Crippen LogP contribution in [-0.4, -0.2) is 71.6 Å². The summed E-state index contributed by atoms with van der Waals surface area (Å²) in [6.45, 7) is 4.61. The van der Waals surface area contributed by atoms with E-state index in [1.165, 1.54) is 32.1 Å². The molecule has 5 atom stereocenters. The van der Waals surface area contributed by atoms with Gasteiger partial charge in [0.1, 0.15) is 23.1 Å². The smallest absolute Gasteiger partial charge is 0.332 e. The number of allylic oxidation sites excluding steroid dienone is 1. The lowest BCUT2D eigenvalue weighted by molar-refractivity contribution is -0.150. The predicted molar refractivity (Wildman–Crippen MR) is 197 cm³/mol. The minimum Gasteiger partial charge on any atom is -0.496 e. The highest BCUT2D eigenvalue weighted by atomic mass is 32.1. The van der Waals surface area contributed by atoms with Crippen LogP contribution in [0.2, 0.25) is 0 Å². The van der Waals surface area contributed by atoms with Gasteiger partial charge in [0, 0.05) is 47.8 Å². The van der Waals surface area contributed by atoms with E-state index in [9.17, 15) is 14.4 Å². The summed E-state index contributed by atoms with van der Waals surface area (Å²) in [4.78, 5) is 53.3. The molecule has 2 amide bonds. The molecule has 1 aromatic carbocycles. The van der Waals surface area contributed by atoms with Crippen molar-refractivity contribution in [2.24, 2.45) is 17.8 Å². The zero-order valence-corrected chi connectivity index (χ0v) is 31.1. The van der Waals surface area contributed by atoms with E-state index in [-0.39, 0.29) is 24.3 Å². The van der Waals surface area contributed by atoms with Gasteiger partial charge in [-0.1, -0.05) is 31.4 Å². The number of carbonyl (C=O) groups is 3. The molecular weight excluding hydrogens is 665 g/mol. The SMILES string of the molecule is CCOC(=O)C12C[C@H]1C=CCCCCN(C)C(=O)[C@@H]1C[C@H](Oc3cc(-c4csc(C5CCCCC5)n4)nc4c(C)c(OC)ccc34)C[C@H]1C(=O)N2. The number of hydrogen-bond acceptors (Lipinski definition) is 9. The molecule has 10 nitrogen and oxygen atoms in total. The van der Waals surface area contributed by atoms with Crippen LogP contribution in [0.5, 0.6) is 11.5 Å². The van der Waals surface area contributed by atoms with Crippen molar-refractivity contribution < 1.29 is 28.6 Å². The number of esters is 1. The monoisotopic (exact) mass is 714 g/mol. The molecule has 3 saturated carbocycles. The van der Waals surface area contributed by atoms with Gasteiger partial charge in [0.05, 0.1) is 47.5 Å². The van der Waals surface area contributed by atoms with Crippen molar-refractivity contribution >= 4 is 40.0 Å². The molecule has 0 radical (unpaired) electrons. The second-order valence-corrected chi connectivity index (χ2v) is 15.7. The van der Waals surface area contributed by atoms with Gasteiger partial charge in [-0.25, -0.2) is 14.8 Å². The normalized spacial score (nSPS) is 27.3. The summed E-state index contributed by atoms with van der Waals surface area (Å²) in [5, 5.41) is 7.17. The lowest BCUT2D eigenvalue weighted by Crippen LogP contribution is -2.50. The first-order chi connectivity index (χ1) is 24.7. The van der Waals surface area contributed by atoms with Gasteiger partial charge in [-0.05, 0) is 77.3 Å². The number of nitrogens with zero attached hydrogens (tertiary/aromatic N) is 3. The van der Waals surface area contributed by atoms with Gasteiger partial charge in [0.15, 0.2) is 0 Å². The molecule has 272 valence electrons. The van der Waals surface area contributed by atoms with Crippen LogP contribution in [0.3, 0.4) is 0 Å². The Hall–Kier alpha value is -3.99. The highest BCUT2D eigenvalue weighted by Gasteiger charge is 2.62. The van der Waals surface area contributed by atoms with Crippen LogP contribution in [0.25, 0.3) is 22.3 Å². The number of pyridine rings is 1. The van der Waals surface area contributed by atoms with E-state index < -0.39 is 29.4 Å². The van der Waals surface area contributed by atoms with Gasteiger partial charge >= 0.3 is 5.97 Å². The summed E-state index contributed by atoms with van der Waals surface area (Å²) in [6, 6.07) is 5.84. The number of benzene rings is 1. The van der Waals surface area contributed by atoms with E-state index in [0.29, 0.717) is 37.5 Å². The molecule has 4 aliphatic rings. The Bertz CT molecular complexity index is 1820. The molecule has 11 heteroatoms. The van der Waals surface area contributed by atoms with Crippen molar-refractivity contribution in [3.63, 3.8) is 0 Å². The maximum absolute atomic E-state index is 14.2. The average molecular weight is 715 g/mol. The van der Waals surface area contributed by atoms with Crippen LogP contribution < -0.4 is 14.8 Å². The molecule has 51 heavy (non-hydrogen) atoms. The fraction of sp³-hybridized carbons (Fsp3) is 0.575.